The standard InChI is InChI=1S/C12H13F2N3O/c1-7-4-5-8(13)11(10(7)14)17-6-9(15-16-17)12(2,3)18/h4-6,18H,1-3H3. The molecule has 0 bridgehead atoms. The molecule has 0 radical (unpaired) electrons. The van der Waals surface area contributed by atoms with Crippen molar-refractivity contribution in [2.75, 3.05) is 0 Å². The van der Waals surface area contributed by atoms with Crippen molar-refractivity contribution < 1.29 is 13.9 Å². The van der Waals surface area contributed by atoms with E-state index in [4.69, 9.17) is 0 Å². The van der Waals surface area contributed by atoms with Crippen molar-refractivity contribution in [1.29, 1.82) is 0 Å². The molecule has 4 nitrogen and oxygen atoms in total. The summed E-state index contributed by atoms with van der Waals surface area (Å²) in [7, 11) is 0. The van der Waals surface area contributed by atoms with Gasteiger partial charge in [-0.3, -0.25) is 0 Å². The van der Waals surface area contributed by atoms with Crippen molar-refractivity contribution in [3.63, 3.8) is 0 Å². The Bertz CT molecular complexity index is 587. The predicted molar refractivity (Wildman–Crippen MR) is 61.3 cm³/mol. The van der Waals surface area contributed by atoms with Crippen LogP contribution in [0.2, 0.25) is 0 Å². The summed E-state index contributed by atoms with van der Waals surface area (Å²) in [6.45, 7) is 4.57. The number of aromatic nitrogens is 3. The lowest BCUT2D eigenvalue weighted by molar-refractivity contribution is 0.0737. The van der Waals surface area contributed by atoms with Crippen molar-refractivity contribution in [3.8, 4) is 5.69 Å². The van der Waals surface area contributed by atoms with Crippen LogP contribution < -0.4 is 0 Å². The molecule has 96 valence electrons. The molecule has 0 spiro atoms. The molecule has 0 saturated heterocycles. The van der Waals surface area contributed by atoms with Crippen LogP contribution in [0.1, 0.15) is 25.1 Å². The molecule has 6 heteroatoms. The second-order valence-electron chi connectivity index (χ2n) is 4.63. The maximum atomic E-state index is 13.9. The van der Waals surface area contributed by atoms with E-state index in [-0.39, 0.29) is 11.4 Å². The van der Waals surface area contributed by atoms with Crippen LogP contribution in [0.3, 0.4) is 0 Å². The van der Waals surface area contributed by atoms with E-state index in [1.54, 1.807) is 0 Å². The van der Waals surface area contributed by atoms with Crippen LogP contribution >= 0.6 is 0 Å². The third-order valence-corrected chi connectivity index (χ3v) is 2.61. The summed E-state index contributed by atoms with van der Waals surface area (Å²) in [5.74, 6) is -1.42. The molecule has 0 aliphatic rings. The zero-order valence-electron chi connectivity index (χ0n) is 10.3. The van der Waals surface area contributed by atoms with Crippen molar-refractivity contribution in [3.05, 3.63) is 41.2 Å². The number of aliphatic hydroxyl groups is 1. The lowest BCUT2D eigenvalue weighted by Gasteiger charge is -2.12. The highest BCUT2D eigenvalue weighted by Crippen LogP contribution is 2.22. The number of hydrogen-bond acceptors (Lipinski definition) is 3. The third-order valence-electron chi connectivity index (χ3n) is 2.61. The minimum atomic E-state index is -1.21. The van der Waals surface area contributed by atoms with Crippen LogP contribution in [0.15, 0.2) is 18.3 Å². The average Bonchev–Trinajstić information content (AvgIpc) is 2.73. The number of nitrogens with zero attached hydrogens (tertiary/aromatic N) is 3. The fraction of sp³-hybridized carbons (Fsp3) is 0.333. The first-order valence-electron chi connectivity index (χ1n) is 5.41. The number of hydrogen-bond donors (Lipinski definition) is 1. The Labute approximate surface area is 103 Å². The highest BCUT2D eigenvalue weighted by molar-refractivity contribution is 5.38. The zero-order valence-corrected chi connectivity index (χ0v) is 10.3. The zero-order chi connectivity index (χ0) is 13.5. The van der Waals surface area contributed by atoms with Crippen LogP contribution in [0, 0.1) is 18.6 Å². The maximum Gasteiger partial charge on any atom is 0.154 e. The Balaban J connectivity index is 2.57. The van der Waals surface area contributed by atoms with E-state index in [1.807, 2.05) is 0 Å². The first-order valence-corrected chi connectivity index (χ1v) is 5.41. The molecule has 1 N–H and O–H groups in total. The van der Waals surface area contributed by atoms with Gasteiger partial charge >= 0.3 is 0 Å². The van der Waals surface area contributed by atoms with E-state index in [2.05, 4.69) is 10.3 Å². The summed E-state index contributed by atoms with van der Waals surface area (Å²) < 4.78 is 28.5. The number of benzene rings is 1. The molecule has 0 saturated carbocycles. The lowest BCUT2D eigenvalue weighted by atomic mass is 10.1. The minimum absolute atomic E-state index is 0.239. The minimum Gasteiger partial charge on any atom is -0.384 e. The largest absolute Gasteiger partial charge is 0.384 e. The van der Waals surface area contributed by atoms with E-state index in [0.29, 0.717) is 5.56 Å². The van der Waals surface area contributed by atoms with Gasteiger partial charge in [-0.2, -0.15) is 0 Å². The summed E-state index contributed by atoms with van der Waals surface area (Å²) in [6.07, 6.45) is 1.31. The molecule has 18 heavy (non-hydrogen) atoms. The van der Waals surface area contributed by atoms with Crippen molar-refractivity contribution >= 4 is 0 Å². The molecule has 0 aliphatic heterocycles. The second-order valence-corrected chi connectivity index (χ2v) is 4.63. The molecule has 2 rings (SSSR count). The SMILES string of the molecule is Cc1ccc(F)c(-n2cc(C(C)(C)O)nn2)c1F. The van der Waals surface area contributed by atoms with Gasteiger partial charge in [-0.1, -0.05) is 11.3 Å². The molecular weight excluding hydrogens is 240 g/mol. The lowest BCUT2D eigenvalue weighted by Crippen LogP contribution is -2.15. The topological polar surface area (TPSA) is 50.9 Å². The molecule has 2 aromatic rings. The fourth-order valence-corrected chi connectivity index (χ4v) is 1.51. The molecule has 1 aromatic heterocycles. The van der Waals surface area contributed by atoms with Crippen LogP contribution in [0.4, 0.5) is 8.78 Å². The maximum absolute atomic E-state index is 13.9. The van der Waals surface area contributed by atoms with Crippen LogP contribution in [-0.2, 0) is 5.60 Å². The predicted octanol–water partition coefficient (Wildman–Crippen LogP) is 2.08. The van der Waals surface area contributed by atoms with Crippen molar-refractivity contribution in [2.24, 2.45) is 0 Å². The van der Waals surface area contributed by atoms with Gasteiger partial charge in [0.15, 0.2) is 11.6 Å². The number of halogens is 2. The Hall–Kier alpha value is -1.82. The van der Waals surface area contributed by atoms with Crippen molar-refractivity contribution in [1.82, 2.24) is 15.0 Å². The molecule has 0 atom stereocenters. The van der Waals surface area contributed by atoms with Gasteiger partial charge in [0.2, 0.25) is 0 Å². The Kier molecular flexibility index (Phi) is 2.90. The summed E-state index contributed by atoms with van der Waals surface area (Å²) in [5.41, 5.74) is -0.956. The Morgan fingerprint density at radius 3 is 2.50 bits per heavy atom. The van der Waals surface area contributed by atoms with Crippen LogP contribution in [0.25, 0.3) is 5.69 Å². The van der Waals surface area contributed by atoms with Gasteiger partial charge in [-0.25, -0.2) is 13.5 Å². The van der Waals surface area contributed by atoms with E-state index < -0.39 is 17.2 Å². The van der Waals surface area contributed by atoms with Gasteiger partial charge in [-0.05, 0) is 32.4 Å². The highest BCUT2D eigenvalue weighted by atomic mass is 19.1. The van der Waals surface area contributed by atoms with E-state index in [9.17, 15) is 13.9 Å². The average molecular weight is 253 g/mol. The number of rotatable bonds is 2. The quantitative estimate of drug-likeness (QED) is 0.891. The van der Waals surface area contributed by atoms with E-state index in [1.165, 1.54) is 39.1 Å². The first kappa shape index (κ1) is 12.6. The summed E-state index contributed by atoms with van der Waals surface area (Å²) in [5, 5.41) is 17.1. The van der Waals surface area contributed by atoms with E-state index in [0.717, 1.165) is 4.68 Å². The highest BCUT2D eigenvalue weighted by Gasteiger charge is 2.22. The molecule has 0 fully saturated rings. The number of aryl methyl sites for hydroxylation is 1. The monoisotopic (exact) mass is 253 g/mol. The van der Waals surface area contributed by atoms with E-state index >= 15 is 0 Å². The summed E-state index contributed by atoms with van der Waals surface area (Å²) in [6, 6.07) is 2.52. The fourth-order valence-electron chi connectivity index (χ4n) is 1.51. The van der Waals surface area contributed by atoms with Gasteiger partial charge in [0.05, 0.1) is 6.20 Å². The van der Waals surface area contributed by atoms with Gasteiger partial charge in [0, 0.05) is 0 Å². The second kappa shape index (κ2) is 4.13. The normalized spacial score (nSPS) is 11.9. The summed E-state index contributed by atoms with van der Waals surface area (Å²) in [4.78, 5) is 0. The molecule has 1 heterocycles. The summed E-state index contributed by atoms with van der Waals surface area (Å²) >= 11 is 0. The smallest absolute Gasteiger partial charge is 0.154 e. The van der Waals surface area contributed by atoms with Gasteiger partial charge in [0.1, 0.15) is 17.0 Å². The molecular formula is C12H13F2N3O. The third kappa shape index (κ3) is 2.11. The molecule has 0 amide bonds. The van der Waals surface area contributed by atoms with Gasteiger partial charge in [-0.15, -0.1) is 5.10 Å². The Morgan fingerprint density at radius 2 is 1.94 bits per heavy atom. The van der Waals surface area contributed by atoms with Gasteiger partial charge < -0.3 is 5.11 Å². The van der Waals surface area contributed by atoms with Crippen LogP contribution in [0.5, 0.6) is 0 Å². The van der Waals surface area contributed by atoms with Crippen molar-refractivity contribution in [2.45, 2.75) is 26.4 Å². The molecule has 1 aromatic carbocycles. The Morgan fingerprint density at radius 1 is 1.28 bits per heavy atom. The van der Waals surface area contributed by atoms with Crippen LogP contribution in [-0.4, -0.2) is 20.1 Å². The first-order chi connectivity index (χ1) is 8.30. The van der Waals surface area contributed by atoms with Gasteiger partial charge in [0.25, 0.3) is 0 Å². The molecule has 0 unspecified atom stereocenters. The molecule has 0 aliphatic carbocycles.